The van der Waals surface area contributed by atoms with Crippen LogP contribution in [-0.2, 0) is 6.54 Å². The van der Waals surface area contributed by atoms with E-state index in [4.69, 9.17) is 0 Å². The van der Waals surface area contributed by atoms with Crippen molar-refractivity contribution < 1.29 is 9.18 Å². The number of rotatable bonds is 3. The number of amides is 1. The minimum atomic E-state index is -0.262. The molecule has 21 heavy (non-hydrogen) atoms. The van der Waals surface area contributed by atoms with Crippen molar-refractivity contribution in [2.45, 2.75) is 32.4 Å². The van der Waals surface area contributed by atoms with Crippen molar-refractivity contribution in [1.82, 2.24) is 14.7 Å². The number of halogens is 1. The highest BCUT2D eigenvalue weighted by molar-refractivity contribution is 5.92. The summed E-state index contributed by atoms with van der Waals surface area (Å²) in [6.07, 6.45) is 3.60. The Morgan fingerprint density at radius 2 is 2.29 bits per heavy atom. The lowest BCUT2D eigenvalue weighted by Crippen LogP contribution is -2.31. The maximum absolute atomic E-state index is 13.4. The van der Waals surface area contributed by atoms with Crippen molar-refractivity contribution in [1.29, 1.82) is 0 Å². The van der Waals surface area contributed by atoms with Crippen molar-refractivity contribution in [3.8, 4) is 0 Å². The van der Waals surface area contributed by atoms with Gasteiger partial charge in [0, 0.05) is 19.3 Å². The van der Waals surface area contributed by atoms with Gasteiger partial charge in [-0.1, -0.05) is 12.1 Å². The lowest BCUT2D eigenvalue weighted by atomic mass is 10.0. The van der Waals surface area contributed by atoms with Crippen LogP contribution in [-0.4, -0.2) is 27.1 Å². The van der Waals surface area contributed by atoms with Crippen molar-refractivity contribution in [2.24, 2.45) is 0 Å². The largest absolute Gasteiger partial charge is 0.330 e. The molecule has 0 radical (unpaired) electrons. The van der Waals surface area contributed by atoms with Gasteiger partial charge in [-0.25, -0.2) is 4.39 Å². The highest BCUT2D eigenvalue weighted by Gasteiger charge is 2.31. The lowest BCUT2D eigenvalue weighted by molar-refractivity contribution is 0.0728. The smallest absolute Gasteiger partial charge is 0.274 e. The van der Waals surface area contributed by atoms with E-state index < -0.39 is 0 Å². The second kappa shape index (κ2) is 5.68. The number of nitrogens with zero attached hydrogens (tertiary/aromatic N) is 3. The number of hydrogen-bond acceptors (Lipinski definition) is 2. The van der Waals surface area contributed by atoms with Crippen LogP contribution < -0.4 is 0 Å². The topological polar surface area (TPSA) is 38.1 Å². The molecule has 0 bridgehead atoms. The molecule has 1 atom stereocenters. The number of aromatic nitrogens is 2. The van der Waals surface area contributed by atoms with Gasteiger partial charge in [-0.2, -0.15) is 5.10 Å². The second-order valence-electron chi connectivity index (χ2n) is 5.27. The quantitative estimate of drug-likeness (QED) is 0.870. The van der Waals surface area contributed by atoms with Crippen LogP contribution in [0, 0.1) is 5.82 Å². The number of carbonyl (C=O) groups is 1. The average Bonchev–Trinajstić information content (AvgIpc) is 3.15. The van der Waals surface area contributed by atoms with Gasteiger partial charge in [0.1, 0.15) is 11.5 Å². The number of aryl methyl sites for hydroxylation is 1. The third-order valence-corrected chi connectivity index (χ3v) is 3.93. The summed E-state index contributed by atoms with van der Waals surface area (Å²) in [5.74, 6) is -0.337. The fraction of sp³-hybridized carbons (Fsp3) is 0.375. The molecule has 1 amide bonds. The molecule has 1 aromatic heterocycles. The molecular weight excluding hydrogens is 269 g/mol. The summed E-state index contributed by atoms with van der Waals surface area (Å²) < 4.78 is 15.1. The van der Waals surface area contributed by atoms with E-state index in [1.54, 1.807) is 27.9 Å². The van der Waals surface area contributed by atoms with E-state index in [2.05, 4.69) is 5.10 Å². The Balaban J connectivity index is 1.85. The van der Waals surface area contributed by atoms with E-state index in [0.717, 1.165) is 24.9 Å². The van der Waals surface area contributed by atoms with Gasteiger partial charge in [-0.15, -0.1) is 0 Å². The van der Waals surface area contributed by atoms with E-state index in [1.807, 2.05) is 13.0 Å². The standard InChI is InChI=1S/C16H18FN3O/c1-2-19-10-8-14(18-19)16(21)20-9-4-7-15(20)12-5-3-6-13(17)11-12/h3,5-6,8,10-11,15H,2,4,7,9H2,1H3/t15-/m1/s1. The summed E-state index contributed by atoms with van der Waals surface area (Å²) in [4.78, 5) is 14.4. The maximum atomic E-state index is 13.4. The van der Waals surface area contributed by atoms with Crippen molar-refractivity contribution in [3.63, 3.8) is 0 Å². The highest BCUT2D eigenvalue weighted by atomic mass is 19.1. The Hall–Kier alpha value is -2.17. The Morgan fingerprint density at radius 3 is 3.00 bits per heavy atom. The molecule has 1 fully saturated rings. The molecule has 2 aromatic rings. The molecule has 0 spiro atoms. The zero-order valence-electron chi connectivity index (χ0n) is 12.0. The first-order valence-corrected chi connectivity index (χ1v) is 7.29. The van der Waals surface area contributed by atoms with Gasteiger partial charge in [-0.05, 0) is 43.5 Å². The first-order valence-electron chi connectivity index (χ1n) is 7.29. The van der Waals surface area contributed by atoms with Crippen molar-refractivity contribution >= 4 is 5.91 Å². The first-order chi connectivity index (χ1) is 10.2. The summed E-state index contributed by atoms with van der Waals surface area (Å²) in [6.45, 7) is 3.41. The van der Waals surface area contributed by atoms with Crippen molar-refractivity contribution in [3.05, 3.63) is 53.6 Å². The summed E-state index contributed by atoms with van der Waals surface area (Å²) in [7, 11) is 0. The zero-order chi connectivity index (χ0) is 14.8. The molecule has 3 rings (SSSR count). The van der Waals surface area contributed by atoms with Crippen LogP contribution in [0.15, 0.2) is 36.5 Å². The van der Waals surface area contributed by atoms with Crippen LogP contribution in [0.2, 0.25) is 0 Å². The molecule has 110 valence electrons. The van der Waals surface area contributed by atoms with Crippen LogP contribution >= 0.6 is 0 Å². The summed E-state index contributed by atoms with van der Waals surface area (Å²) in [5, 5.41) is 4.27. The minimum Gasteiger partial charge on any atom is -0.330 e. The second-order valence-corrected chi connectivity index (χ2v) is 5.27. The number of carbonyl (C=O) groups excluding carboxylic acids is 1. The van der Waals surface area contributed by atoms with E-state index in [0.29, 0.717) is 12.2 Å². The van der Waals surface area contributed by atoms with E-state index in [9.17, 15) is 9.18 Å². The van der Waals surface area contributed by atoms with Crippen LogP contribution in [0.1, 0.15) is 41.9 Å². The monoisotopic (exact) mass is 287 g/mol. The van der Waals surface area contributed by atoms with Crippen LogP contribution in [0.25, 0.3) is 0 Å². The Bertz CT molecular complexity index is 652. The van der Waals surface area contributed by atoms with Gasteiger partial charge in [0.2, 0.25) is 0 Å². The predicted molar refractivity (Wildman–Crippen MR) is 77.3 cm³/mol. The van der Waals surface area contributed by atoms with Crippen molar-refractivity contribution in [2.75, 3.05) is 6.54 Å². The zero-order valence-corrected chi connectivity index (χ0v) is 12.0. The van der Waals surface area contributed by atoms with Gasteiger partial charge in [-0.3, -0.25) is 9.48 Å². The van der Waals surface area contributed by atoms with Crippen LogP contribution in [0.4, 0.5) is 4.39 Å². The molecule has 0 unspecified atom stereocenters. The first kappa shape index (κ1) is 13.8. The van der Waals surface area contributed by atoms with E-state index >= 15 is 0 Å². The van der Waals surface area contributed by atoms with Crippen LogP contribution in [0.3, 0.4) is 0 Å². The molecule has 0 saturated carbocycles. The molecular formula is C16H18FN3O. The normalized spacial score (nSPS) is 18.2. The molecule has 5 heteroatoms. The fourth-order valence-electron chi connectivity index (χ4n) is 2.87. The average molecular weight is 287 g/mol. The minimum absolute atomic E-state index is 0.0556. The molecule has 2 heterocycles. The third-order valence-electron chi connectivity index (χ3n) is 3.93. The molecule has 1 saturated heterocycles. The predicted octanol–water partition coefficient (Wildman–Crippen LogP) is 3.02. The number of hydrogen-bond donors (Lipinski definition) is 0. The SMILES string of the molecule is CCn1ccc(C(=O)N2CCC[C@@H]2c2cccc(F)c2)n1. The molecule has 0 aliphatic carbocycles. The number of likely N-dealkylation sites (tertiary alicyclic amines) is 1. The lowest BCUT2D eigenvalue weighted by Gasteiger charge is -2.24. The summed E-state index contributed by atoms with van der Waals surface area (Å²) in [6, 6.07) is 8.20. The molecule has 1 aliphatic rings. The fourth-order valence-corrected chi connectivity index (χ4v) is 2.87. The van der Waals surface area contributed by atoms with Gasteiger partial charge >= 0.3 is 0 Å². The maximum Gasteiger partial charge on any atom is 0.274 e. The third kappa shape index (κ3) is 2.68. The molecule has 1 aromatic carbocycles. The highest BCUT2D eigenvalue weighted by Crippen LogP contribution is 2.33. The van der Waals surface area contributed by atoms with Gasteiger partial charge in [0.15, 0.2) is 0 Å². The Labute approximate surface area is 123 Å². The van der Waals surface area contributed by atoms with Crippen LogP contribution in [0.5, 0.6) is 0 Å². The summed E-state index contributed by atoms with van der Waals surface area (Å²) >= 11 is 0. The Morgan fingerprint density at radius 1 is 1.43 bits per heavy atom. The molecule has 0 N–H and O–H groups in total. The van der Waals surface area contributed by atoms with Gasteiger partial charge < -0.3 is 4.90 Å². The number of benzene rings is 1. The summed E-state index contributed by atoms with van der Waals surface area (Å²) in [5.41, 5.74) is 1.32. The Kier molecular flexibility index (Phi) is 3.73. The van der Waals surface area contributed by atoms with Gasteiger partial charge in [0.25, 0.3) is 5.91 Å². The van der Waals surface area contributed by atoms with Gasteiger partial charge in [0.05, 0.1) is 6.04 Å². The molecule has 4 nitrogen and oxygen atoms in total. The van der Waals surface area contributed by atoms with E-state index in [-0.39, 0.29) is 17.8 Å². The molecule has 1 aliphatic heterocycles. The van der Waals surface area contributed by atoms with E-state index in [1.165, 1.54) is 12.1 Å².